The number of carbonyl (C=O) groups is 1. The summed E-state index contributed by atoms with van der Waals surface area (Å²) >= 11 is 1.75. The average Bonchev–Trinajstić information content (AvgIpc) is 3.13. The summed E-state index contributed by atoms with van der Waals surface area (Å²) in [6.45, 7) is 4.83. The molecule has 3 atom stereocenters. The van der Waals surface area contributed by atoms with Gasteiger partial charge in [-0.3, -0.25) is 4.79 Å². The molecule has 3 rings (SSSR count). The summed E-state index contributed by atoms with van der Waals surface area (Å²) in [7, 11) is 0. The molecule has 0 bridgehead atoms. The molecule has 0 saturated heterocycles. The zero-order valence-corrected chi connectivity index (χ0v) is 16.0. The molecule has 1 fully saturated rings. The Morgan fingerprint density at radius 3 is 2.68 bits per heavy atom. The molecule has 1 aromatic heterocycles. The van der Waals surface area contributed by atoms with Crippen LogP contribution in [-0.4, -0.2) is 18.5 Å². The number of nitrogens with two attached hydrogens (primary N) is 1. The van der Waals surface area contributed by atoms with Crippen molar-refractivity contribution in [1.29, 1.82) is 0 Å². The fourth-order valence-corrected chi connectivity index (χ4v) is 4.53. The Labute approximate surface area is 154 Å². The molecule has 0 aliphatic heterocycles. The second kappa shape index (κ2) is 8.63. The van der Waals surface area contributed by atoms with E-state index in [4.69, 9.17) is 0 Å². The van der Waals surface area contributed by atoms with Gasteiger partial charge in [0.15, 0.2) is 6.54 Å². The molecule has 0 unspecified atom stereocenters. The van der Waals surface area contributed by atoms with Gasteiger partial charge < -0.3 is 10.6 Å². The number of aryl methyl sites for hydroxylation is 1. The molecule has 1 aliphatic carbocycles. The maximum absolute atomic E-state index is 12.5. The van der Waals surface area contributed by atoms with Gasteiger partial charge >= 0.3 is 0 Å². The van der Waals surface area contributed by atoms with Crippen LogP contribution in [0.4, 0.5) is 0 Å². The van der Waals surface area contributed by atoms with E-state index in [1.807, 2.05) is 0 Å². The summed E-state index contributed by atoms with van der Waals surface area (Å²) in [5.41, 5.74) is 2.52. The molecule has 2 aromatic rings. The Hall–Kier alpha value is -1.65. The second-order valence-electron chi connectivity index (χ2n) is 7.28. The van der Waals surface area contributed by atoms with Crippen molar-refractivity contribution in [1.82, 2.24) is 5.32 Å². The minimum atomic E-state index is 0.160. The Morgan fingerprint density at radius 2 is 2.00 bits per heavy atom. The van der Waals surface area contributed by atoms with Gasteiger partial charge in [0, 0.05) is 11.6 Å². The molecule has 1 aliphatic rings. The minimum absolute atomic E-state index is 0.160. The minimum Gasteiger partial charge on any atom is -0.348 e. The van der Waals surface area contributed by atoms with Crippen LogP contribution in [0.15, 0.2) is 41.8 Å². The van der Waals surface area contributed by atoms with Gasteiger partial charge in [-0.25, -0.2) is 0 Å². The first-order valence-electron chi connectivity index (χ1n) is 9.36. The van der Waals surface area contributed by atoms with Gasteiger partial charge in [-0.1, -0.05) is 55.7 Å². The first-order chi connectivity index (χ1) is 12.1. The standard InChI is InChI=1S/C21H28N2OS/c1-15-9-11-17(12-10-15)21(19-8-5-13-25-19)22-14-20(24)23-18-7-4-3-6-16(18)2/h5,8-13,16,18,21-22H,3-4,6-7,14H2,1-2H3,(H,23,24)/p+1/t16-,18+,21-/m0/s1. The van der Waals surface area contributed by atoms with E-state index in [1.165, 1.54) is 35.3 Å². The van der Waals surface area contributed by atoms with Crippen molar-refractivity contribution in [3.05, 3.63) is 57.8 Å². The monoisotopic (exact) mass is 357 g/mol. The molecule has 1 aromatic carbocycles. The normalized spacial score (nSPS) is 21.7. The number of quaternary nitrogens is 1. The zero-order valence-electron chi connectivity index (χ0n) is 15.2. The van der Waals surface area contributed by atoms with Gasteiger partial charge in [0.05, 0.1) is 4.88 Å². The van der Waals surface area contributed by atoms with Crippen LogP contribution in [0.25, 0.3) is 0 Å². The highest BCUT2D eigenvalue weighted by Gasteiger charge is 2.25. The Bertz CT molecular complexity index is 666. The molecule has 3 N–H and O–H groups in total. The maximum atomic E-state index is 12.5. The summed E-state index contributed by atoms with van der Waals surface area (Å²) in [5.74, 6) is 0.760. The first-order valence-corrected chi connectivity index (χ1v) is 10.2. The number of nitrogens with one attached hydrogen (secondary N) is 1. The van der Waals surface area contributed by atoms with Gasteiger partial charge in [0.1, 0.15) is 6.04 Å². The van der Waals surface area contributed by atoms with Crippen molar-refractivity contribution in [2.45, 2.75) is 51.6 Å². The first kappa shape index (κ1) is 18.2. The highest BCUT2D eigenvalue weighted by molar-refractivity contribution is 7.10. The third-order valence-corrected chi connectivity index (χ3v) is 6.24. The molecule has 134 valence electrons. The predicted molar refractivity (Wildman–Crippen MR) is 104 cm³/mol. The molecular formula is C21H29N2OS+. The Kier molecular flexibility index (Phi) is 6.27. The molecule has 1 amide bonds. The molecule has 1 heterocycles. The molecule has 0 spiro atoms. The smallest absolute Gasteiger partial charge is 0.275 e. The summed E-state index contributed by atoms with van der Waals surface area (Å²) in [5, 5.41) is 7.53. The Balaban J connectivity index is 1.62. The zero-order chi connectivity index (χ0) is 17.6. The van der Waals surface area contributed by atoms with Crippen LogP contribution in [0, 0.1) is 12.8 Å². The van der Waals surface area contributed by atoms with Crippen molar-refractivity contribution in [2.24, 2.45) is 5.92 Å². The SMILES string of the molecule is Cc1ccc([C@H]([NH2+]CC(=O)N[C@@H]2CCCC[C@@H]2C)c2cccs2)cc1. The van der Waals surface area contributed by atoms with Crippen molar-refractivity contribution >= 4 is 17.2 Å². The lowest BCUT2D eigenvalue weighted by atomic mass is 9.86. The van der Waals surface area contributed by atoms with Gasteiger partial charge in [-0.2, -0.15) is 0 Å². The van der Waals surface area contributed by atoms with Crippen molar-refractivity contribution in [3.8, 4) is 0 Å². The molecule has 0 radical (unpaired) electrons. The van der Waals surface area contributed by atoms with Crippen molar-refractivity contribution in [3.63, 3.8) is 0 Å². The van der Waals surface area contributed by atoms with Crippen molar-refractivity contribution in [2.75, 3.05) is 6.54 Å². The van der Waals surface area contributed by atoms with E-state index in [0.29, 0.717) is 18.5 Å². The number of benzene rings is 1. The van der Waals surface area contributed by atoms with Crippen molar-refractivity contribution < 1.29 is 10.1 Å². The topological polar surface area (TPSA) is 45.7 Å². The lowest BCUT2D eigenvalue weighted by Crippen LogP contribution is -2.87. The third-order valence-electron chi connectivity index (χ3n) is 5.28. The highest BCUT2D eigenvalue weighted by Crippen LogP contribution is 2.24. The fraction of sp³-hybridized carbons (Fsp3) is 0.476. The van der Waals surface area contributed by atoms with E-state index in [2.05, 4.69) is 66.3 Å². The van der Waals surface area contributed by atoms with Crippen LogP contribution in [-0.2, 0) is 4.79 Å². The van der Waals surface area contributed by atoms with E-state index in [9.17, 15) is 4.79 Å². The lowest BCUT2D eigenvalue weighted by Gasteiger charge is -2.29. The maximum Gasteiger partial charge on any atom is 0.275 e. The van der Waals surface area contributed by atoms with Crippen LogP contribution >= 0.6 is 11.3 Å². The van der Waals surface area contributed by atoms with E-state index in [-0.39, 0.29) is 11.9 Å². The molecular weight excluding hydrogens is 328 g/mol. The van der Waals surface area contributed by atoms with E-state index in [1.54, 1.807) is 11.3 Å². The number of hydrogen-bond donors (Lipinski definition) is 2. The summed E-state index contributed by atoms with van der Waals surface area (Å²) in [6.07, 6.45) is 4.89. The number of rotatable bonds is 6. The largest absolute Gasteiger partial charge is 0.348 e. The van der Waals surface area contributed by atoms with Crippen LogP contribution in [0.5, 0.6) is 0 Å². The van der Waals surface area contributed by atoms with E-state index < -0.39 is 0 Å². The second-order valence-corrected chi connectivity index (χ2v) is 8.26. The number of amides is 1. The lowest BCUT2D eigenvalue weighted by molar-refractivity contribution is -0.676. The number of carbonyl (C=O) groups excluding carboxylic acids is 1. The highest BCUT2D eigenvalue weighted by atomic mass is 32.1. The summed E-state index contributed by atoms with van der Waals surface area (Å²) in [4.78, 5) is 13.8. The van der Waals surface area contributed by atoms with E-state index >= 15 is 0 Å². The number of thiophene rings is 1. The third kappa shape index (κ3) is 4.93. The molecule has 3 nitrogen and oxygen atoms in total. The summed E-state index contributed by atoms with van der Waals surface area (Å²) in [6, 6.07) is 13.4. The summed E-state index contributed by atoms with van der Waals surface area (Å²) < 4.78 is 0. The number of hydrogen-bond acceptors (Lipinski definition) is 2. The molecule has 1 saturated carbocycles. The fourth-order valence-electron chi connectivity index (χ4n) is 3.68. The van der Waals surface area contributed by atoms with Crippen LogP contribution < -0.4 is 10.6 Å². The van der Waals surface area contributed by atoms with Crippen LogP contribution in [0.1, 0.15) is 54.7 Å². The predicted octanol–water partition coefficient (Wildman–Crippen LogP) is 3.40. The van der Waals surface area contributed by atoms with Crippen LogP contribution in [0.2, 0.25) is 0 Å². The van der Waals surface area contributed by atoms with E-state index in [0.717, 1.165) is 6.42 Å². The van der Waals surface area contributed by atoms with Gasteiger partial charge in [-0.15, -0.1) is 11.3 Å². The Morgan fingerprint density at radius 1 is 1.24 bits per heavy atom. The van der Waals surface area contributed by atoms with Crippen LogP contribution in [0.3, 0.4) is 0 Å². The average molecular weight is 358 g/mol. The van der Waals surface area contributed by atoms with Gasteiger partial charge in [0.2, 0.25) is 0 Å². The molecule has 25 heavy (non-hydrogen) atoms. The quantitative estimate of drug-likeness (QED) is 0.818. The molecule has 4 heteroatoms. The van der Waals surface area contributed by atoms with Gasteiger partial charge in [0.25, 0.3) is 5.91 Å². The van der Waals surface area contributed by atoms with Gasteiger partial charge in [-0.05, 0) is 37.1 Å².